The highest BCUT2D eigenvalue weighted by Crippen LogP contribution is 2.70. The van der Waals surface area contributed by atoms with Crippen molar-refractivity contribution in [2.75, 3.05) is 0 Å². The van der Waals surface area contributed by atoms with E-state index >= 15 is 0 Å². The number of aliphatic hydroxyl groups excluding tert-OH is 2. The van der Waals surface area contributed by atoms with Crippen LogP contribution in [0.4, 0.5) is 0 Å². The Morgan fingerprint density at radius 3 is 1.54 bits per heavy atom. The maximum atomic E-state index is 9.93. The second-order valence-electron chi connectivity index (χ2n) is 5.65. The van der Waals surface area contributed by atoms with E-state index in [0.717, 1.165) is 36.5 Å². The number of rotatable bonds is 0. The normalized spacial score (nSPS) is 72.5. The van der Waals surface area contributed by atoms with Gasteiger partial charge in [0.1, 0.15) is 0 Å². The Morgan fingerprint density at radius 2 is 1.08 bits per heavy atom. The van der Waals surface area contributed by atoms with Crippen molar-refractivity contribution < 1.29 is 10.2 Å². The maximum Gasteiger partial charge on any atom is 0.0577 e. The molecule has 4 saturated carbocycles. The second kappa shape index (κ2) is 1.96. The molecule has 0 aliphatic heterocycles. The van der Waals surface area contributed by atoms with Crippen LogP contribution in [-0.2, 0) is 0 Å². The maximum absolute atomic E-state index is 9.93. The largest absolute Gasteiger partial charge is 0.393 e. The van der Waals surface area contributed by atoms with Crippen LogP contribution in [-0.4, -0.2) is 22.4 Å². The highest BCUT2D eigenvalue weighted by Gasteiger charge is 2.68. The quantitative estimate of drug-likeness (QED) is 0.574. The van der Waals surface area contributed by atoms with Gasteiger partial charge >= 0.3 is 0 Å². The molecule has 2 N–H and O–H groups in total. The lowest BCUT2D eigenvalue weighted by Crippen LogP contribution is -2.30. The molecular formula is C11H16O2. The molecule has 8 atom stereocenters. The van der Waals surface area contributed by atoms with Crippen LogP contribution in [0, 0.1) is 35.5 Å². The van der Waals surface area contributed by atoms with E-state index in [0.29, 0.717) is 11.8 Å². The zero-order valence-corrected chi connectivity index (χ0v) is 7.63. The van der Waals surface area contributed by atoms with Crippen molar-refractivity contribution in [1.82, 2.24) is 0 Å². The van der Waals surface area contributed by atoms with Gasteiger partial charge in [-0.25, -0.2) is 0 Å². The highest BCUT2D eigenvalue weighted by molar-refractivity contribution is 5.17. The van der Waals surface area contributed by atoms with Gasteiger partial charge in [0.2, 0.25) is 0 Å². The van der Waals surface area contributed by atoms with E-state index in [4.69, 9.17) is 0 Å². The van der Waals surface area contributed by atoms with Gasteiger partial charge in [0, 0.05) is 0 Å². The molecule has 2 heteroatoms. The second-order valence-corrected chi connectivity index (χ2v) is 5.65. The Labute approximate surface area is 78.0 Å². The fourth-order valence-electron chi connectivity index (χ4n) is 5.41. The number of hydrogen-bond donors (Lipinski definition) is 2. The smallest absolute Gasteiger partial charge is 0.0577 e. The van der Waals surface area contributed by atoms with Gasteiger partial charge in [0.15, 0.2) is 0 Å². The van der Waals surface area contributed by atoms with Crippen LogP contribution in [0.5, 0.6) is 0 Å². The Balaban J connectivity index is 1.86. The third-order valence-corrected chi connectivity index (χ3v) is 5.54. The molecule has 0 unspecified atom stereocenters. The molecular weight excluding hydrogens is 164 g/mol. The zero-order chi connectivity index (χ0) is 8.74. The van der Waals surface area contributed by atoms with Crippen molar-refractivity contribution in [2.24, 2.45) is 35.5 Å². The molecule has 4 fully saturated rings. The lowest BCUT2D eigenvalue weighted by atomic mass is 9.79. The highest BCUT2D eigenvalue weighted by atomic mass is 16.3. The summed E-state index contributed by atoms with van der Waals surface area (Å²) in [6, 6.07) is 0. The number of hydrogen-bond acceptors (Lipinski definition) is 2. The van der Waals surface area contributed by atoms with Crippen molar-refractivity contribution in [3.63, 3.8) is 0 Å². The van der Waals surface area contributed by atoms with E-state index in [1.54, 1.807) is 0 Å². The molecule has 4 aliphatic carbocycles. The zero-order valence-electron chi connectivity index (χ0n) is 7.63. The van der Waals surface area contributed by atoms with Gasteiger partial charge in [-0.1, -0.05) is 0 Å². The fourth-order valence-corrected chi connectivity index (χ4v) is 5.41. The summed E-state index contributed by atoms with van der Waals surface area (Å²) < 4.78 is 0. The van der Waals surface area contributed by atoms with Crippen molar-refractivity contribution in [2.45, 2.75) is 31.5 Å². The van der Waals surface area contributed by atoms with Crippen molar-refractivity contribution in [1.29, 1.82) is 0 Å². The summed E-state index contributed by atoms with van der Waals surface area (Å²) in [4.78, 5) is 0. The molecule has 0 spiro atoms. The van der Waals surface area contributed by atoms with Crippen LogP contribution in [0.1, 0.15) is 19.3 Å². The first-order chi connectivity index (χ1) is 6.27. The van der Waals surface area contributed by atoms with Crippen molar-refractivity contribution in [3.8, 4) is 0 Å². The Kier molecular flexibility index (Phi) is 1.09. The molecule has 13 heavy (non-hydrogen) atoms. The molecule has 0 radical (unpaired) electrons. The predicted molar refractivity (Wildman–Crippen MR) is 46.8 cm³/mol. The number of fused-ring (bicyclic) bond motifs is 2. The van der Waals surface area contributed by atoms with Crippen LogP contribution in [0.15, 0.2) is 0 Å². The van der Waals surface area contributed by atoms with Crippen LogP contribution >= 0.6 is 0 Å². The minimum atomic E-state index is -0.0788. The van der Waals surface area contributed by atoms with Gasteiger partial charge < -0.3 is 10.2 Å². The first-order valence-corrected chi connectivity index (χ1v) is 5.63. The van der Waals surface area contributed by atoms with Gasteiger partial charge in [-0.05, 0) is 54.8 Å². The van der Waals surface area contributed by atoms with E-state index in [2.05, 4.69) is 0 Å². The molecule has 0 aromatic rings. The molecule has 72 valence electrons. The SMILES string of the molecule is O[C@@H]1C[C@H]2[C@@H]3C[C@H](O)[C@@H]4[C@@H]3C[C@H]2[C@H]41. The van der Waals surface area contributed by atoms with Gasteiger partial charge in [0.25, 0.3) is 0 Å². The molecule has 2 nitrogen and oxygen atoms in total. The molecule has 0 saturated heterocycles. The average molecular weight is 180 g/mol. The van der Waals surface area contributed by atoms with Crippen LogP contribution in [0.2, 0.25) is 0 Å². The first kappa shape index (κ1) is 7.24. The lowest BCUT2D eigenvalue weighted by molar-refractivity contribution is 0.0365. The van der Waals surface area contributed by atoms with Crippen LogP contribution < -0.4 is 0 Å². The van der Waals surface area contributed by atoms with E-state index in [9.17, 15) is 10.2 Å². The van der Waals surface area contributed by atoms with Crippen LogP contribution in [0.3, 0.4) is 0 Å². The Bertz CT molecular complexity index is 235. The monoisotopic (exact) mass is 180 g/mol. The summed E-state index contributed by atoms with van der Waals surface area (Å²) in [5.74, 6) is 4.07. The molecule has 0 amide bonds. The standard InChI is InChI=1S/C11H16O2/c12-8-2-4-5-3-9(13)11-7(5)1-6(4)10(8)11/h4-13H,1-3H2/t4-,5-,6+,7+,8-,9+,10-,11-/m0/s1. The predicted octanol–water partition coefficient (Wildman–Crippen LogP) is 0.630. The third kappa shape index (κ3) is 0.608. The van der Waals surface area contributed by atoms with Gasteiger partial charge in [-0.3, -0.25) is 0 Å². The summed E-state index contributed by atoms with van der Waals surface area (Å²) in [6.45, 7) is 0. The first-order valence-electron chi connectivity index (χ1n) is 5.63. The minimum Gasteiger partial charge on any atom is -0.393 e. The molecule has 2 bridgehead atoms. The lowest BCUT2D eigenvalue weighted by Gasteiger charge is -2.27. The molecule has 4 rings (SSSR count). The summed E-state index contributed by atoms with van der Waals surface area (Å²) in [7, 11) is 0. The summed E-state index contributed by atoms with van der Waals surface area (Å²) in [5, 5.41) is 19.9. The minimum absolute atomic E-state index is 0.0788. The van der Waals surface area contributed by atoms with Gasteiger partial charge in [-0.2, -0.15) is 0 Å². The fraction of sp³-hybridized carbons (Fsp3) is 1.00. The Hall–Kier alpha value is -0.0800. The Morgan fingerprint density at radius 1 is 0.615 bits per heavy atom. The van der Waals surface area contributed by atoms with E-state index in [1.807, 2.05) is 0 Å². The topological polar surface area (TPSA) is 40.5 Å². The molecule has 0 aromatic carbocycles. The summed E-state index contributed by atoms with van der Waals surface area (Å²) in [5.41, 5.74) is 0. The van der Waals surface area contributed by atoms with Crippen molar-refractivity contribution in [3.05, 3.63) is 0 Å². The summed E-state index contributed by atoms with van der Waals surface area (Å²) in [6.07, 6.45) is 3.24. The van der Waals surface area contributed by atoms with Crippen LogP contribution in [0.25, 0.3) is 0 Å². The van der Waals surface area contributed by atoms with E-state index in [-0.39, 0.29) is 12.2 Å². The molecule has 0 aromatic heterocycles. The molecule has 4 aliphatic rings. The number of aliphatic hydroxyl groups is 2. The summed E-state index contributed by atoms with van der Waals surface area (Å²) >= 11 is 0. The van der Waals surface area contributed by atoms with Crippen molar-refractivity contribution >= 4 is 0 Å². The molecule has 0 heterocycles. The van der Waals surface area contributed by atoms with Gasteiger partial charge in [-0.15, -0.1) is 0 Å². The van der Waals surface area contributed by atoms with E-state index < -0.39 is 0 Å². The average Bonchev–Trinajstić information content (AvgIpc) is 2.67. The third-order valence-electron chi connectivity index (χ3n) is 5.54. The van der Waals surface area contributed by atoms with E-state index in [1.165, 1.54) is 6.42 Å². The van der Waals surface area contributed by atoms with Gasteiger partial charge in [0.05, 0.1) is 12.2 Å².